The van der Waals surface area contributed by atoms with Crippen molar-refractivity contribution in [1.82, 2.24) is 25.4 Å². The van der Waals surface area contributed by atoms with Gasteiger partial charge in [0.1, 0.15) is 0 Å². The van der Waals surface area contributed by atoms with Gasteiger partial charge in [0, 0.05) is 43.3 Å². The number of carbonyl (C=O) groups excluding carboxylic acids is 2. The van der Waals surface area contributed by atoms with Gasteiger partial charge < -0.3 is 10.2 Å². The lowest BCUT2D eigenvalue weighted by atomic mass is 9.95. The number of nitrogens with zero attached hydrogens (tertiary/aromatic N) is 3. The molecule has 0 saturated carbocycles. The molecule has 7 nitrogen and oxygen atoms in total. The van der Waals surface area contributed by atoms with Crippen LogP contribution in [0.2, 0.25) is 0 Å². The van der Waals surface area contributed by atoms with Gasteiger partial charge in [-0.25, -0.2) is 0 Å². The fraction of sp³-hybridized carbons (Fsp3) is 0.333. The highest BCUT2D eigenvalue weighted by Gasteiger charge is 2.28. The van der Waals surface area contributed by atoms with E-state index in [-0.39, 0.29) is 17.7 Å². The summed E-state index contributed by atoms with van der Waals surface area (Å²) in [4.78, 5) is 31.4. The minimum atomic E-state index is -0.0644. The molecule has 2 amide bonds. The maximum atomic E-state index is 13.0. The van der Waals surface area contributed by atoms with Crippen molar-refractivity contribution in [2.45, 2.75) is 26.3 Å². The number of fused-ring (bicyclic) bond motifs is 1. The number of piperidine rings is 1. The number of nitrogens with one attached hydrogen (secondary N) is 2. The molecule has 0 unspecified atom stereocenters. The molecule has 0 atom stereocenters. The molecule has 0 bridgehead atoms. The quantitative estimate of drug-likeness (QED) is 0.731. The van der Waals surface area contributed by atoms with Gasteiger partial charge in [0.2, 0.25) is 5.91 Å². The average molecular weight is 377 g/mol. The number of likely N-dealkylation sites (tertiary alicyclic amines) is 1. The molecule has 0 spiro atoms. The zero-order valence-electron chi connectivity index (χ0n) is 15.8. The standard InChI is InChI=1S/C21H23N5O2/c1-14-9-17-13-24-25-19(17)18(10-14)21(28)26-7-4-16(5-8-26)20(27)23-12-15-3-2-6-22-11-15/h2-3,6,9-11,13,16H,4-5,7-8,12H2,1H3,(H,23,27)(H,24,25). The molecular weight excluding hydrogens is 354 g/mol. The van der Waals surface area contributed by atoms with E-state index in [4.69, 9.17) is 0 Å². The third kappa shape index (κ3) is 3.74. The van der Waals surface area contributed by atoms with Crippen molar-refractivity contribution >= 4 is 22.7 Å². The van der Waals surface area contributed by atoms with E-state index in [1.807, 2.05) is 36.1 Å². The monoisotopic (exact) mass is 377 g/mol. The Morgan fingerprint density at radius 1 is 1.25 bits per heavy atom. The summed E-state index contributed by atoms with van der Waals surface area (Å²) in [6.45, 7) is 3.61. The van der Waals surface area contributed by atoms with Crippen LogP contribution < -0.4 is 5.32 Å². The molecule has 2 aromatic heterocycles. The Labute approximate surface area is 163 Å². The van der Waals surface area contributed by atoms with Crippen LogP contribution in [-0.2, 0) is 11.3 Å². The Morgan fingerprint density at radius 2 is 2.07 bits per heavy atom. The number of hydrogen-bond acceptors (Lipinski definition) is 4. The van der Waals surface area contributed by atoms with Crippen molar-refractivity contribution in [2.75, 3.05) is 13.1 Å². The first-order chi connectivity index (χ1) is 13.6. The van der Waals surface area contributed by atoms with Crippen molar-refractivity contribution < 1.29 is 9.59 Å². The Balaban J connectivity index is 1.36. The summed E-state index contributed by atoms with van der Waals surface area (Å²) in [5.41, 5.74) is 3.42. The largest absolute Gasteiger partial charge is 0.352 e. The molecule has 1 aliphatic rings. The molecule has 1 aromatic carbocycles. The Morgan fingerprint density at radius 3 is 2.82 bits per heavy atom. The van der Waals surface area contributed by atoms with Gasteiger partial charge in [0.25, 0.3) is 5.91 Å². The molecule has 4 rings (SSSR count). The minimum Gasteiger partial charge on any atom is -0.352 e. The van der Waals surface area contributed by atoms with Crippen molar-refractivity contribution in [3.63, 3.8) is 0 Å². The van der Waals surface area contributed by atoms with Crippen molar-refractivity contribution in [2.24, 2.45) is 5.92 Å². The van der Waals surface area contributed by atoms with Gasteiger partial charge in [0.05, 0.1) is 17.3 Å². The van der Waals surface area contributed by atoms with Crippen molar-refractivity contribution in [3.05, 3.63) is 59.5 Å². The van der Waals surface area contributed by atoms with Crippen molar-refractivity contribution in [1.29, 1.82) is 0 Å². The number of carbonyl (C=O) groups is 2. The second kappa shape index (κ2) is 7.80. The van der Waals surface area contributed by atoms with Gasteiger partial charge in [-0.05, 0) is 49.1 Å². The number of H-pyrrole nitrogens is 1. The maximum Gasteiger partial charge on any atom is 0.256 e. The fourth-order valence-electron chi connectivity index (χ4n) is 3.73. The number of pyridine rings is 1. The predicted octanol–water partition coefficient (Wildman–Crippen LogP) is 2.43. The van der Waals surface area contributed by atoms with E-state index in [9.17, 15) is 9.59 Å². The molecule has 1 aliphatic heterocycles. The maximum absolute atomic E-state index is 13.0. The normalized spacial score (nSPS) is 15.0. The van der Waals surface area contributed by atoms with Crippen LogP contribution in [0.1, 0.15) is 34.3 Å². The third-order valence-corrected chi connectivity index (χ3v) is 5.27. The average Bonchev–Trinajstić information content (AvgIpc) is 3.20. The van der Waals surface area contributed by atoms with Crippen LogP contribution in [0.15, 0.2) is 42.9 Å². The van der Waals surface area contributed by atoms with Crippen LogP contribution in [0.5, 0.6) is 0 Å². The fourth-order valence-corrected chi connectivity index (χ4v) is 3.73. The second-order valence-electron chi connectivity index (χ2n) is 7.29. The van der Waals surface area contributed by atoms with E-state index in [1.54, 1.807) is 18.6 Å². The first-order valence-corrected chi connectivity index (χ1v) is 9.51. The molecular formula is C21H23N5O2. The zero-order chi connectivity index (χ0) is 19.5. The number of aromatic nitrogens is 3. The molecule has 1 saturated heterocycles. The smallest absolute Gasteiger partial charge is 0.256 e. The highest BCUT2D eigenvalue weighted by molar-refractivity contribution is 6.05. The van der Waals surface area contributed by atoms with E-state index >= 15 is 0 Å². The number of benzene rings is 1. The van der Waals surface area contributed by atoms with Gasteiger partial charge >= 0.3 is 0 Å². The zero-order valence-corrected chi connectivity index (χ0v) is 15.8. The molecule has 144 valence electrons. The highest BCUT2D eigenvalue weighted by Crippen LogP contribution is 2.24. The number of amides is 2. The molecule has 28 heavy (non-hydrogen) atoms. The SMILES string of the molecule is Cc1cc(C(=O)N2CCC(C(=O)NCc3cccnc3)CC2)c2[nH]ncc2c1. The first kappa shape index (κ1) is 18.2. The van der Waals surface area contributed by atoms with Crippen LogP contribution in [-0.4, -0.2) is 45.0 Å². The van der Waals surface area contributed by atoms with E-state index in [1.165, 1.54) is 0 Å². The van der Waals surface area contributed by atoms with Gasteiger partial charge in [-0.15, -0.1) is 0 Å². The number of aryl methyl sites for hydroxylation is 1. The van der Waals surface area contributed by atoms with Crippen LogP contribution in [0.25, 0.3) is 10.9 Å². The molecule has 7 heteroatoms. The number of aromatic amines is 1. The lowest BCUT2D eigenvalue weighted by Crippen LogP contribution is -2.43. The summed E-state index contributed by atoms with van der Waals surface area (Å²) in [5.74, 6) is -0.0277. The molecule has 1 fully saturated rings. The number of rotatable bonds is 4. The molecule has 3 aromatic rings. The van der Waals surface area contributed by atoms with E-state index < -0.39 is 0 Å². The summed E-state index contributed by atoms with van der Waals surface area (Å²) < 4.78 is 0. The van der Waals surface area contributed by atoms with E-state index in [0.717, 1.165) is 22.0 Å². The first-order valence-electron chi connectivity index (χ1n) is 9.51. The van der Waals surface area contributed by atoms with Gasteiger partial charge in [-0.3, -0.25) is 19.7 Å². The number of hydrogen-bond donors (Lipinski definition) is 2. The third-order valence-electron chi connectivity index (χ3n) is 5.27. The summed E-state index contributed by atoms with van der Waals surface area (Å²) >= 11 is 0. The topological polar surface area (TPSA) is 91.0 Å². The minimum absolute atomic E-state index is 0.00725. The van der Waals surface area contributed by atoms with Gasteiger partial charge in [-0.1, -0.05) is 6.07 Å². The lowest BCUT2D eigenvalue weighted by Gasteiger charge is -2.31. The molecule has 2 N–H and O–H groups in total. The summed E-state index contributed by atoms with van der Waals surface area (Å²) in [5, 5.41) is 10.9. The van der Waals surface area contributed by atoms with Gasteiger partial charge in [-0.2, -0.15) is 5.10 Å². The Hall–Kier alpha value is -3.22. The summed E-state index contributed by atoms with van der Waals surface area (Å²) in [6, 6.07) is 7.70. The summed E-state index contributed by atoms with van der Waals surface area (Å²) in [6.07, 6.45) is 6.53. The Kier molecular flexibility index (Phi) is 5.06. The second-order valence-corrected chi connectivity index (χ2v) is 7.29. The highest BCUT2D eigenvalue weighted by atomic mass is 16.2. The van der Waals surface area contributed by atoms with Crippen LogP contribution in [0.3, 0.4) is 0 Å². The Bertz CT molecular complexity index is 990. The lowest BCUT2D eigenvalue weighted by molar-refractivity contribution is -0.126. The predicted molar refractivity (Wildman–Crippen MR) is 106 cm³/mol. The van der Waals surface area contributed by atoms with Crippen molar-refractivity contribution in [3.8, 4) is 0 Å². The van der Waals surface area contributed by atoms with Crippen LogP contribution >= 0.6 is 0 Å². The van der Waals surface area contributed by atoms with E-state index in [2.05, 4.69) is 20.5 Å². The molecule has 0 radical (unpaired) electrons. The van der Waals surface area contributed by atoms with Crippen LogP contribution in [0, 0.1) is 12.8 Å². The van der Waals surface area contributed by atoms with E-state index in [0.29, 0.717) is 38.0 Å². The van der Waals surface area contributed by atoms with Crippen LogP contribution in [0.4, 0.5) is 0 Å². The molecule has 0 aliphatic carbocycles. The summed E-state index contributed by atoms with van der Waals surface area (Å²) in [7, 11) is 0. The van der Waals surface area contributed by atoms with Gasteiger partial charge in [0.15, 0.2) is 0 Å². The molecule has 3 heterocycles.